The van der Waals surface area contributed by atoms with E-state index >= 15 is 0 Å². The van der Waals surface area contributed by atoms with Gasteiger partial charge in [-0.15, -0.1) is 0 Å². The molecule has 2 rings (SSSR count). The molecule has 0 amide bonds. The minimum atomic E-state index is -1.05. The second kappa shape index (κ2) is 5.28. The summed E-state index contributed by atoms with van der Waals surface area (Å²) in [6.45, 7) is 7.40. The number of hydrogen-bond donors (Lipinski definition) is 1. The monoisotopic (exact) mass is 292 g/mol. The molecular weight excluding hydrogens is 274 g/mol. The molecule has 0 radical (unpaired) electrons. The molecule has 1 aromatic rings. The lowest BCUT2D eigenvalue weighted by molar-refractivity contribution is 0.00578. The number of aromatic carboxylic acids is 1. The predicted molar refractivity (Wildman–Crippen MR) is 78.6 cm³/mol. The van der Waals surface area contributed by atoms with Crippen molar-refractivity contribution in [2.75, 3.05) is 0 Å². The van der Waals surface area contributed by atoms with Gasteiger partial charge < -0.3 is 14.4 Å². The van der Waals surface area contributed by atoms with Crippen molar-refractivity contribution in [3.8, 4) is 0 Å². The zero-order valence-electron chi connectivity index (χ0n) is 12.5. The second-order valence-electron chi connectivity index (χ2n) is 6.04. The highest BCUT2D eigenvalue weighted by Gasteiger charge is 2.52. The first-order chi connectivity index (χ1) is 9.62. The number of rotatable bonds is 3. The lowest BCUT2D eigenvalue weighted by atomic mass is 9.87. The zero-order chi connectivity index (χ0) is 15.8. The number of carboxylic acids is 1. The summed E-state index contributed by atoms with van der Waals surface area (Å²) in [6, 6.07) is 5.92. The van der Waals surface area contributed by atoms with Gasteiger partial charge in [0.15, 0.2) is 0 Å². The molecule has 1 aliphatic heterocycles. The van der Waals surface area contributed by atoms with E-state index in [1.165, 1.54) is 30.3 Å². The average molecular weight is 292 g/mol. The maximum atomic E-state index is 14.2. The first-order valence-corrected chi connectivity index (χ1v) is 6.68. The van der Waals surface area contributed by atoms with Crippen LogP contribution in [0.15, 0.2) is 30.0 Å². The fourth-order valence-electron chi connectivity index (χ4n) is 1.90. The standard InChI is InChI=1S/C15H18BFO4/c1-14(2)15(3,4)21-16(20-14)12(17)9-10-5-7-11(8-6-10)13(18)19/h5-9H,1-4H3,(H,18,19). The van der Waals surface area contributed by atoms with Crippen LogP contribution in [0.25, 0.3) is 6.08 Å². The van der Waals surface area contributed by atoms with E-state index in [2.05, 4.69) is 0 Å². The van der Waals surface area contributed by atoms with Gasteiger partial charge in [0, 0.05) is 0 Å². The van der Waals surface area contributed by atoms with E-state index in [0.717, 1.165) is 0 Å². The molecule has 1 aliphatic rings. The largest absolute Gasteiger partial charge is 0.525 e. The van der Waals surface area contributed by atoms with Gasteiger partial charge in [-0.3, -0.25) is 0 Å². The van der Waals surface area contributed by atoms with E-state index in [0.29, 0.717) is 5.56 Å². The van der Waals surface area contributed by atoms with E-state index in [1.54, 1.807) is 0 Å². The van der Waals surface area contributed by atoms with Crippen LogP contribution in [0.2, 0.25) is 0 Å². The summed E-state index contributed by atoms with van der Waals surface area (Å²) in [5, 5.41) is 8.82. The minimum Gasteiger partial charge on any atom is -0.478 e. The maximum Gasteiger partial charge on any atom is 0.525 e. The van der Waals surface area contributed by atoms with Crippen molar-refractivity contribution >= 4 is 19.2 Å². The number of carbonyl (C=O) groups is 1. The SMILES string of the molecule is CC1(C)OB(C(F)=Cc2ccc(C(=O)O)cc2)OC1(C)C. The summed E-state index contributed by atoms with van der Waals surface area (Å²) < 4.78 is 25.4. The van der Waals surface area contributed by atoms with Gasteiger partial charge in [0.05, 0.1) is 16.8 Å². The van der Waals surface area contributed by atoms with Gasteiger partial charge in [0.25, 0.3) is 0 Å². The molecule has 0 atom stereocenters. The van der Waals surface area contributed by atoms with E-state index < -0.39 is 30.0 Å². The number of hydrogen-bond acceptors (Lipinski definition) is 3. The molecule has 21 heavy (non-hydrogen) atoms. The summed E-state index contributed by atoms with van der Waals surface area (Å²) in [4.78, 5) is 10.8. The Morgan fingerprint density at radius 2 is 1.62 bits per heavy atom. The Balaban J connectivity index is 2.17. The second-order valence-corrected chi connectivity index (χ2v) is 6.04. The molecule has 1 saturated heterocycles. The van der Waals surface area contributed by atoms with E-state index in [4.69, 9.17) is 14.4 Å². The molecule has 0 aromatic heterocycles. The smallest absolute Gasteiger partial charge is 0.478 e. The summed E-state index contributed by atoms with van der Waals surface area (Å²) >= 11 is 0. The molecule has 1 heterocycles. The molecule has 6 heteroatoms. The fourth-order valence-corrected chi connectivity index (χ4v) is 1.90. The van der Waals surface area contributed by atoms with Gasteiger partial charge in [0.1, 0.15) is 5.73 Å². The van der Waals surface area contributed by atoms with Crippen LogP contribution in [0.4, 0.5) is 4.39 Å². The molecule has 0 bridgehead atoms. The quantitative estimate of drug-likeness (QED) is 0.868. The van der Waals surface area contributed by atoms with Crippen LogP contribution in [0.3, 0.4) is 0 Å². The Bertz CT molecular complexity index is 562. The lowest BCUT2D eigenvalue weighted by Gasteiger charge is -2.32. The van der Waals surface area contributed by atoms with Crippen LogP contribution in [0.5, 0.6) is 0 Å². The van der Waals surface area contributed by atoms with Gasteiger partial charge in [0.2, 0.25) is 0 Å². The molecular formula is C15H18BFO4. The number of halogens is 1. The maximum absolute atomic E-state index is 14.2. The molecule has 0 aliphatic carbocycles. The first-order valence-electron chi connectivity index (χ1n) is 6.68. The zero-order valence-corrected chi connectivity index (χ0v) is 12.5. The van der Waals surface area contributed by atoms with Crippen LogP contribution in [-0.2, 0) is 9.31 Å². The highest BCUT2D eigenvalue weighted by atomic mass is 19.1. The van der Waals surface area contributed by atoms with Crippen molar-refractivity contribution in [3.05, 3.63) is 41.1 Å². The highest BCUT2D eigenvalue weighted by molar-refractivity contribution is 6.54. The summed E-state index contributed by atoms with van der Waals surface area (Å²) in [5.74, 6) is -1.02. The van der Waals surface area contributed by atoms with E-state index in [-0.39, 0.29) is 5.56 Å². The van der Waals surface area contributed by atoms with Crippen molar-refractivity contribution in [2.24, 2.45) is 0 Å². The molecule has 1 N–H and O–H groups in total. The molecule has 112 valence electrons. The minimum absolute atomic E-state index is 0.156. The summed E-state index contributed by atoms with van der Waals surface area (Å²) in [6.07, 6.45) is 1.29. The molecule has 4 nitrogen and oxygen atoms in total. The van der Waals surface area contributed by atoms with E-state index in [1.807, 2.05) is 27.7 Å². The normalized spacial score (nSPS) is 20.6. The van der Waals surface area contributed by atoms with Crippen LogP contribution in [0.1, 0.15) is 43.6 Å². The van der Waals surface area contributed by atoms with Crippen LogP contribution in [-0.4, -0.2) is 29.4 Å². The van der Waals surface area contributed by atoms with Crippen LogP contribution in [0, 0.1) is 0 Å². The number of benzene rings is 1. The highest BCUT2D eigenvalue weighted by Crippen LogP contribution is 2.39. The van der Waals surface area contributed by atoms with Gasteiger partial charge in [-0.2, -0.15) is 0 Å². The van der Waals surface area contributed by atoms with Crippen LogP contribution >= 0.6 is 0 Å². The number of carboxylic acid groups (broad SMARTS) is 1. The lowest BCUT2D eigenvalue weighted by Crippen LogP contribution is -2.41. The first kappa shape index (κ1) is 15.7. The van der Waals surface area contributed by atoms with Gasteiger partial charge in [-0.1, -0.05) is 12.1 Å². The topological polar surface area (TPSA) is 55.8 Å². The Hall–Kier alpha value is -1.66. The Morgan fingerprint density at radius 3 is 2.05 bits per heavy atom. The Kier molecular flexibility index (Phi) is 3.95. The average Bonchev–Trinajstić information content (AvgIpc) is 2.59. The van der Waals surface area contributed by atoms with Gasteiger partial charge in [-0.05, 0) is 51.5 Å². The fraction of sp³-hybridized carbons (Fsp3) is 0.400. The third kappa shape index (κ3) is 3.17. The molecule has 1 aromatic carbocycles. The van der Waals surface area contributed by atoms with Gasteiger partial charge in [-0.25, -0.2) is 9.18 Å². The third-order valence-corrected chi connectivity index (χ3v) is 3.94. The Labute approximate surface area is 123 Å². The van der Waals surface area contributed by atoms with E-state index in [9.17, 15) is 9.18 Å². The van der Waals surface area contributed by atoms with Crippen molar-refractivity contribution in [3.63, 3.8) is 0 Å². The Morgan fingerprint density at radius 1 is 1.14 bits per heavy atom. The molecule has 0 spiro atoms. The third-order valence-electron chi connectivity index (χ3n) is 3.94. The molecule has 0 saturated carbocycles. The molecule has 0 unspecified atom stereocenters. The van der Waals surface area contributed by atoms with Crippen molar-refractivity contribution < 1.29 is 23.6 Å². The van der Waals surface area contributed by atoms with Gasteiger partial charge >= 0.3 is 13.1 Å². The molecule has 1 fully saturated rings. The van der Waals surface area contributed by atoms with Crippen LogP contribution < -0.4 is 0 Å². The van der Waals surface area contributed by atoms with Crippen molar-refractivity contribution in [1.29, 1.82) is 0 Å². The summed E-state index contributed by atoms with van der Waals surface area (Å²) in [5.41, 5.74) is -1.04. The summed E-state index contributed by atoms with van der Waals surface area (Å²) in [7, 11) is -1.05. The predicted octanol–water partition coefficient (Wildman–Crippen LogP) is 3.33. The van der Waals surface area contributed by atoms with Crippen molar-refractivity contribution in [1.82, 2.24) is 0 Å². The van der Waals surface area contributed by atoms with Crippen molar-refractivity contribution in [2.45, 2.75) is 38.9 Å².